The number of ether oxygens (including phenoxy) is 1. The second-order valence-electron chi connectivity index (χ2n) is 6.73. The van der Waals surface area contributed by atoms with Crippen LogP contribution in [0.1, 0.15) is 18.5 Å². The predicted molar refractivity (Wildman–Crippen MR) is 107 cm³/mol. The third-order valence-corrected chi connectivity index (χ3v) is 6.43. The first kappa shape index (κ1) is 19.1. The van der Waals surface area contributed by atoms with E-state index in [2.05, 4.69) is 0 Å². The summed E-state index contributed by atoms with van der Waals surface area (Å²) >= 11 is 1.32. The average Bonchev–Trinajstić information content (AvgIpc) is 3.08. The molecule has 29 heavy (non-hydrogen) atoms. The van der Waals surface area contributed by atoms with E-state index in [1.54, 1.807) is 37.1 Å². The van der Waals surface area contributed by atoms with Crippen molar-refractivity contribution < 1.29 is 23.6 Å². The molecule has 1 aliphatic rings. The molecule has 0 aliphatic carbocycles. The monoisotopic (exact) mass is 410 g/mol. The molecule has 3 aromatic rings. The quantitative estimate of drug-likeness (QED) is 0.491. The SMILES string of the molecule is COC(=O)C1=C(C)N(C)c2sc(-c3ccccc3)c([O-])[n+]2C1c1ccccc1F. The zero-order valence-corrected chi connectivity index (χ0v) is 17.0. The van der Waals surface area contributed by atoms with Gasteiger partial charge in [-0.25, -0.2) is 18.7 Å². The lowest BCUT2D eigenvalue weighted by molar-refractivity contribution is -0.728. The predicted octanol–water partition coefficient (Wildman–Crippen LogP) is 3.40. The third kappa shape index (κ3) is 2.98. The van der Waals surface area contributed by atoms with Crippen molar-refractivity contribution in [1.29, 1.82) is 0 Å². The largest absolute Gasteiger partial charge is 0.841 e. The van der Waals surface area contributed by atoms with Crippen molar-refractivity contribution in [3.8, 4) is 16.3 Å². The van der Waals surface area contributed by atoms with Crippen LogP contribution in [0.25, 0.3) is 10.4 Å². The van der Waals surface area contributed by atoms with E-state index in [0.29, 0.717) is 15.7 Å². The second kappa shape index (κ2) is 7.33. The van der Waals surface area contributed by atoms with Crippen molar-refractivity contribution in [2.45, 2.75) is 13.0 Å². The standard InChI is InChI=1S/C22H19FN2O3S/c1-13-17(21(27)28-3)18(15-11-7-8-12-16(15)23)25-20(26)19(29-22(25)24(13)2)14-9-5-4-6-10-14/h4-12,18H,1-3H3. The molecule has 0 amide bonds. The summed E-state index contributed by atoms with van der Waals surface area (Å²) in [5, 5.41) is 14.1. The van der Waals surface area contributed by atoms with E-state index >= 15 is 0 Å². The molecule has 0 N–H and O–H groups in total. The van der Waals surface area contributed by atoms with Crippen LogP contribution in [0.5, 0.6) is 5.88 Å². The van der Waals surface area contributed by atoms with Gasteiger partial charge in [-0.15, -0.1) is 0 Å². The van der Waals surface area contributed by atoms with Crippen LogP contribution in [-0.4, -0.2) is 20.1 Å². The number of benzene rings is 2. The fraction of sp³-hybridized carbons (Fsp3) is 0.182. The number of fused-ring (bicyclic) bond motifs is 1. The minimum Gasteiger partial charge on any atom is -0.841 e. The summed E-state index contributed by atoms with van der Waals surface area (Å²) in [5.74, 6) is -1.35. The van der Waals surface area contributed by atoms with E-state index in [-0.39, 0.29) is 17.0 Å². The molecule has 0 saturated heterocycles. The van der Waals surface area contributed by atoms with Crippen molar-refractivity contribution in [2.24, 2.45) is 0 Å². The van der Waals surface area contributed by atoms with Crippen LogP contribution in [0.3, 0.4) is 0 Å². The Morgan fingerprint density at radius 3 is 2.48 bits per heavy atom. The highest BCUT2D eigenvalue weighted by Crippen LogP contribution is 2.44. The minimum absolute atomic E-state index is 0.243. The maximum absolute atomic E-state index is 14.8. The Labute approximate surface area is 171 Å². The molecule has 1 aromatic heterocycles. The fourth-order valence-corrected chi connectivity index (χ4v) is 4.80. The first-order chi connectivity index (χ1) is 14.0. The normalized spacial score (nSPS) is 16.0. The molecule has 0 spiro atoms. The van der Waals surface area contributed by atoms with Crippen molar-refractivity contribution in [3.05, 3.63) is 77.2 Å². The second-order valence-corrected chi connectivity index (χ2v) is 7.71. The number of hydrogen-bond acceptors (Lipinski definition) is 5. The number of methoxy groups -OCH3 is 1. The summed E-state index contributed by atoms with van der Waals surface area (Å²) in [6, 6.07) is 14.6. The smallest absolute Gasteiger partial charge is 0.342 e. The number of esters is 1. The van der Waals surface area contributed by atoms with Gasteiger partial charge < -0.3 is 9.84 Å². The first-order valence-corrected chi connectivity index (χ1v) is 9.85. The molecule has 2 heterocycles. The Morgan fingerprint density at radius 2 is 1.83 bits per heavy atom. The van der Waals surface area contributed by atoms with Crippen molar-refractivity contribution >= 4 is 22.4 Å². The lowest BCUT2D eigenvalue weighted by atomic mass is 9.94. The molecule has 1 aliphatic heterocycles. The van der Waals surface area contributed by atoms with Gasteiger partial charge >= 0.3 is 11.1 Å². The van der Waals surface area contributed by atoms with Crippen LogP contribution in [0.2, 0.25) is 0 Å². The third-order valence-electron chi connectivity index (χ3n) is 5.17. The van der Waals surface area contributed by atoms with Gasteiger partial charge in [0.05, 0.1) is 24.9 Å². The van der Waals surface area contributed by atoms with Crippen molar-refractivity contribution in [3.63, 3.8) is 0 Å². The van der Waals surface area contributed by atoms with Crippen LogP contribution in [0.4, 0.5) is 9.52 Å². The molecule has 0 fully saturated rings. The molecule has 0 saturated carbocycles. The van der Waals surface area contributed by atoms with E-state index in [4.69, 9.17) is 4.74 Å². The highest BCUT2D eigenvalue weighted by atomic mass is 32.1. The lowest BCUT2D eigenvalue weighted by Crippen LogP contribution is -2.51. The number of hydrogen-bond donors (Lipinski definition) is 0. The van der Waals surface area contributed by atoms with E-state index in [1.807, 2.05) is 30.3 Å². The van der Waals surface area contributed by atoms with Crippen LogP contribution in [0.15, 0.2) is 65.9 Å². The Bertz CT molecular complexity index is 1120. The summed E-state index contributed by atoms with van der Waals surface area (Å²) in [5.41, 5.74) is 1.89. The van der Waals surface area contributed by atoms with Gasteiger partial charge in [0.15, 0.2) is 6.04 Å². The summed E-state index contributed by atoms with van der Waals surface area (Å²) in [7, 11) is 3.06. The minimum atomic E-state index is -0.906. The summed E-state index contributed by atoms with van der Waals surface area (Å²) in [6.45, 7) is 1.77. The summed E-state index contributed by atoms with van der Waals surface area (Å²) in [6.07, 6.45) is 0. The molecular weight excluding hydrogens is 391 g/mol. The molecule has 1 unspecified atom stereocenters. The Kier molecular flexibility index (Phi) is 4.84. The summed E-state index contributed by atoms with van der Waals surface area (Å²) in [4.78, 5) is 15.0. The Hall–Kier alpha value is -3.19. The lowest BCUT2D eigenvalue weighted by Gasteiger charge is -2.29. The number of thiazole rings is 1. The van der Waals surface area contributed by atoms with Crippen molar-refractivity contribution in [2.75, 3.05) is 19.1 Å². The van der Waals surface area contributed by atoms with Gasteiger partial charge in [-0.05, 0) is 29.9 Å². The number of anilines is 1. The zero-order valence-electron chi connectivity index (χ0n) is 16.2. The average molecular weight is 410 g/mol. The van der Waals surface area contributed by atoms with E-state index in [9.17, 15) is 14.3 Å². The van der Waals surface area contributed by atoms with E-state index in [1.165, 1.54) is 29.1 Å². The maximum Gasteiger partial charge on any atom is 0.342 e. The molecule has 5 nitrogen and oxygen atoms in total. The Morgan fingerprint density at radius 1 is 1.17 bits per heavy atom. The van der Waals surface area contributed by atoms with E-state index < -0.39 is 17.8 Å². The van der Waals surface area contributed by atoms with Crippen LogP contribution < -0.4 is 14.6 Å². The maximum atomic E-state index is 14.8. The molecular formula is C22H19FN2O3S. The van der Waals surface area contributed by atoms with Gasteiger partial charge in [-0.3, -0.25) is 0 Å². The first-order valence-electron chi connectivity index (χ1n) is 9.03. The molecule has 148 valence electrons. The molecule has 7 heteroatoms. The Balaban J connectivity index is 2.02. The number of allylic oxidation sites excluding steroid dienone is 1. The number of carbonyl (C=O) groups excluding carboxylic acids is 1. The van der Waals surface area contributed by atoms with Gasteiger partial charge in [0.25, 0.3) is 0 Å². The van der Waals surface area contributed by atoms with Crippen LogP contribution >= 0.6 is 11.3 Å². The van der Waals surface area contributed by atoms with Gasteiger partial charge in [-0.1, -0.05) is 48.5 Å². The van der Waals surface area contributed by atoms with Gasteiger partial charge in [0, 0.05) is 5.56 Å². The molecule has 4 rings (SSSR count). The van der Waals surface area contributed by atoms with Gasteiger partial charge in [0.2, 0.25) is 0 Å². The molecule has 0 bridgehead atoms. The van der Waals surface area contributed by atoms with Crippen molar-refractivity contribution in [1.82, 2.24) is 0 Å². The van der Waals surface area contributed by atoms with Gasteiger partial charge in [0.1, 0.15) is 17.1 Å². The highest BCUT2D eigenvalue weighted by molar-refractivity contribution is 7.18. The number of rotatable bonds is 3. The molecule has 1 atom stereocenters. The van der Waals surface area contributed by atoms with Crippen LogP contribution in [-0.2, 0) is 9.53 Å². The number of aromatic nitrogens is 1. The highest BCUT2D eigenvalue weighted by Gasteiger charge is 2.44. The topological polar surface area (TPSA) is 56.5 Å². The number of nitrogens with zero attached hydrogens (tertiary/aromatic N) is 2. The van der Waals surface area contributed by atoms with Gasteiger partial charge in [-0.2, -0.15) is 0 Å². The summed E-state index contributed by atoms with van der Waals surface area (Å²) < 4.78 is 21.3. The fourth-order valence-electron chi connectivity index (χ4n) is 3.62. The number of carbonyl (C=O) groups is 1. The van der Waals surface area contributed by atoms with Crippen LogP contribution in [0, 0.1) is 5.82 Å². The zero-order chi connectivity index (χ0) is 20.7. The molecule has 0 radical (unpaired) electrons. The number of halogens is 1. The van der Waals surface area contributed by atoms with E-state index in [0.717, 1.165) is 5.56 Å². The molecule has 2 aromatic carbocycles.